The van der Waals surface area contributed by atoms with E-state index in [1.165, 1.54) is 19.3 Å². The number of rotatable bonds is 7. The topological polar surface area (TPSA) is 44.4 Å². The molecule has 0 spiro atoms. The molecule has 0 bridgehead atoms. The van der Waals surface area contributed by atoms with Crippen molar-refractivity contribution < 1.29 is 4.79 Å². The van der Waals surface area contributed by atoms with Crippen LogP contribution in [0, 0.1) is 0 Å². The molecule has 1 rings (SSSR count). The van der Waals surface area contributed by atoms with Gasteiger partial charge in [0, 0.05) is 25.2 Å². The van der Waals surface area contributed by atoms with Crippen molar-refractivity contribution in [2.24, 2.45) is 0 Å². The van der Waals surface area contributed by atoms with Crippen molar-refractivity contribution in [2.45, 2.75) is 58.2 Å². The zero-order valence-corrected chi connectivity index (χ0v) is 12.6. The van der Waals surface area contributed by atoms with Crippen LogP contribution in [-0.2, 0) is 4.79 Å². The summed E-state index contributed by atoms with van der Waals surface area (Å²) in [6.07, 6.45) is 5.36. The number of carbonyl (C=O) groups is 1. The summed E-state index contributed by atoms with van der Waals surface area (Å²) < 4.78 is 0. The van der Waals surface area contributed by atoms with E-state index in [0.29, 0.717) is 18.6 Å². The van der Waals surface area contributed by atoms with E-state index >= 15 is 0 Å². The van der Waals surface area contributed by atoms with E-state index in [9.17, 15) is 4.79 Å². The van der Waals surface area contributed by atoms with Crippen molar-refractivity contribution in [1.82, 2.24) is 15.5 Å². The average molecular weight is 267 g/mol. The van der Waals surface area contributed by atoms with E-state index in [0.717, 1.165) is 13.1 Å². The summed E-state index contributed by atoms with van der Waals surface area (Å²) in [5.41, 5.74) is 0. The molecule has 2 atom stereocenters. The number of likely N-dealkylation sites (tertiary alicyclic amines) is 1. The zero-order valence-electron chi connectivity index (χ0n) is 12.6. The fourth-order valence-corrected chi connectivity index (χ4v) is 2.59. The summed E-state index contributed by atoms with van der Waals surface area (Å²) in [5, 5.41) is 6.39. The second kappa shape index (κ2) is 8.33. The van der Waals surface area contributed by atoms with Gasteiger partial charge in [-0.1, -0.05) is 26.3 Å². The molecule has 4 nitrogen and oxygen atoms in total. The first-order chi connectivity index (χ1) is 9.06. The first-order valence-electron chi connectivity index (χ1n) is 7.44. The highest BCUT2D eigenvalue weighted by atomic mass is 16.2. The summed E-state index contributed by atoms with van der Waals surface area (Å²) >= 11 is 0. The summed E-state index contributed by atoms with van der Waals surface area (Å²) in [6.45, 7) is 12.5. The molecule has 1 saturated heterocycles. The third kappa shape index (κ3) is 5.33. The van der Waals surface area contributed by atoms with Crippen LogP contribution in [0.4, 0.5) is 0 Å². The van der Waals surface area contributed by atoms with Crippen LogP contribution in [0.1, 0.15) is 40.0 Å². The van der Waals surface area contributed by atoms with E-state index in [4.69, 9.17) is 0 Å². The Hall–Kier alpha value is -0.870. The Morgan fingerprint density at radius 1 is 1.42 bits per heavy atom. The van der Waals surface area contributed by atoms with Crippen LogP contribution in [0.3, 0.4) is 0 Å². The van der Waals surface area contributed by atoms with Crippen molar-refractivity contribution >= 4 is 5.91 Å². The minimum atomic E-state index is -0.0563. The zero-order chi connectivity index (χ0) is 14.3. The lowest BCUT2D eigenvalue weighted by Crippen LogP contribution is -2.55. The lowest BCUT2D eigenvalue weighted by Gasteiger charge is -2.39. The molecule has 110 valence electrons. The number of nitrogens with one attached hydrogen (secondary N) is 2. The summed E-state index contributed by atoms with van der Waals surface area (Å²) in [7, 11) is 0. The van der Waals surface area contributed by atoms with Gasteiger partial charge in [0.05, 0.1) is 6.04 Å². The first kappa shape index (κ1) is 16.2. The third-order valence-corrected chi connectivity index (χ3v) is 3.73. The first-order valence-corrected chi connectivity index (χ1v) is 7.44. The molecule has 0 aromatic carbocycles. The molecule has 0 aliphatic carbocycles. The normalized spacial score (nSPS) is 22.2. The Labute approximate surface area is 117 Å². The van der Waals surface area contributed by atoms with Crippen LogP contribution in [0.5, 0.6) is 0 Å². The standard InChI is InChI=1S/C15H29N3O/c1-5-9-16-15(19)13(4)18-10-7-6-8-14(18)11-17-12(2)3/h5,12-14,17H,1,6-11H2,2-4H3,(H,16,19). The van der Waals surface area contributed by atoms with Gasteiger partial charge in [-0.05, 0) is 26.3 Å². The Kier molecular flexibility index (Phi) is 7.10. The molecular weight excluding hydrogens is 238 g/mol. The van der Waals surface area contributed by atoms with Crippen LogP contribution in [0.15, 0.2) is 12.7 Å². The highest BCUT2D eigenvalue weighted by Gasteiger charge is 2.29. The van der Waals surface area contributed by atoms with Crippen LogP contribution in [0.2, 0.25) is 0 Å². The molecule has 1 aliphatic rings. The second-order valence-electron chi connectivity index (χ2n) is 5.66. The number of hydrogen-bond acceptors (Lipinski definition) is 3. The fourth-order valence-electron chi connectivity index (χ4n) is 2.59. The van der Waals surface area contributed by atoms with Gasteiger partial charge in [-0.2, -0.15) is 0 Å². The number of carbonyl (C=O) groups excluding carboxylic acids is 1. The quantitative estimate of drug-likeness (QED) is 0.688. The Balaban J connectivity index is 2.54. The van der Waals surface area contributed by atoms with Gasteiger partial charge in [-0.3, -0.25) is 9.69 Å². The fraction of sp³-hybridized carbons (Fsp3) is 0.800. The molecule has 1 heterocycles. The molecule has 1 amide bonds. The maximum Gasteiger partial charge on any atom is 0.237 e. The van der Waals surface area contributed by atoms with E-state index < -0.39 is 0 Å². The van der Waals surface area contributed by atoms with Crippen molar-refractivity contribution in [1.29, 1.82) is 0 Å². The highest BCUT2D eigenvalue weighted by molar-refractivity contribution is 5.81. The average Bonchev–Trinajstić information content (AvgIpc) is 2.42. The van der Waals surface area contributed by atoms with E-state index in [1.54, 1.807) is 6.08 Å². The molecule has 4 heteroatoms. The Morgan fingerprint density at radius 3 is 2.79 bits per heavy atom. The smallest absolute Gasteiger partial charge is 0.237 e. The molecule has 2 N–H and O–H groups in total. The van der Waals surface area contributed by atoms with Gasteiger partial charge in [0.1, 0.15) is 0 Å². The Morgan fingerprint density at radius 2 is 2.16 bits per heavy atom. The predicted octanol–water partition coefficient (Wildman–Crippen LogP) is 1.53. The minimum Gasteiger partial charge on any atom is -0.351 e. The minimum absolute atomic E-state index is 0.0563. The number of nitrogens with zero attached hydrogens (tertiary/aromatic N) is 1. The molecule has 2 unspecified atom stereocenters. The predicted molar refractivity (Wildman–Crippen MR) is 80.2 cm³/mol. The maximum absolute atomic E-state index is 12.1. The van der Waals surface area contributed by atoms with Gasteiger partial charge >= 0.3 is 0 Å². The number of piperidine rings is 1. The molecule has 1 fully saturated rings. The van der Waals surface area contributed by atoms with Crippen molar-refractivity contribution in [3.05, 3.63) is 12.7 Å². The van der Waals surface area contributed by atoms with E-state index in [1.807, 2.05) is 6.92 Å². The number of amides is 1. The summed E-state index contributed by atoms with van der Waals surface area (Å²) in [5.74, 6) is 0.108. The van der Waals surface area contributed by atoms with Gasteiger partial charge in [-0.25, -0.2) is 0 Å². The van der Waals surface area contributed by atoms with Crippen molar-refractivity contribution in [3.8, 4) is 0 Å². The molecule has 1 aliphatic heterocycles. The van der Waals surface area contributed by atoms with Gasteiger partial charge in [0.2, 0.25) is 5.91 Å². The van der Waals surface area contributed by atoms with Crippen LogP contribution < -0.4 is 10.6 Å². The lowest BCUT2D eigenvalue weighted by atomic mass is 9.99. The maximum atomic E-state index is 12.1. The van der Waals surface area contributed by atoms with Crippen molar-refractivity contribution in [3.63, 3.8) is 0 Å². The third-order valence-electron chi connectivity index (χ3n) is 3.73. The lowest BCUT2D eigenvalue weighted by molar-refractivity contribution is -0.127. The summed E-state index contributed by atoms with van der Waals surface area (Å²) in [6, 6.07) is 0.911. The van der Waals surface area contributed by atoms with Gasteiger partial charge in [0.25, 0.3) is 0 Å². The molecule has 0 saturated carbocycles. The van der Waals surface area contributed by atoms with Crippen LogP contribution in [-0.4, -0.2) is 48.6 Å². The SMILES string of the molecule is C=CCNC(=O)C(C)N1CCCCC1CNC(C)C. The molecule has 0 radical (unpaired) electrons. The van der Waals surface area contributed by atoms with Gasteiger partial charge in [-0.15, -0.1) is 6.58 Å². The highest BCUT2D eigenvalue weighted by Crippen LogP contribution is 2.19. The van der Waals surface area contributed by atoms with Gasteiger partial charge in [0.15, 0.2) is 0 Å². The second-order valence-corrected chi connectivity index (χ2v) is 5.66. The molecule has 0 aromatic rings. The van der Waals surface area contributed by atoms with Crippen molar-refractivity contribution in [2.75, 3.05) is 19.6 Å². The van der Waals surface area contributed by atoms with E-state index in [2.05, 4.69) is 36.0 Å². The molecular formula is C15H29N3O. The molecule has 19 heavy (non-hydrogen) atoms. The van der Waals surface area contributed by atoms with Crippen LogP contribution >= 0.6 is 0 Å². The number of hydrogen-bond donors (Lipinski definition) is 2. The largest absolute Gasteiger partial charge is 0.351 e. The monoisotopic (exact) mass is 267 g/mol. The van der Waals surface area contributed by atoms with Crippen LogP contribution in [0.25, 0.3) is 0 Å². The molecule has 0 aromatic heterocycles. The Bertz CT molecular complexity index is 291. The summed E-state index contributed by atoms with van der Waals surface area (Å²) in [4.78, 5) is 14.4. The van der Waals surface area contributed by atoms with Gasteiger partial charge < -0.3 is 10.6 Å². The van der Waals surface area contributed by atoms with E-state index in [-0.39, 0.29) is 11.9 Å².